The summed E-state index contributed by atoms with van der Waals surface area (Å²) >= 11 is 0. The number of carbonyl (C=O) groups excluding carboxylic acids is 1. The van der Waals surface area contributed by atoms with Crippen LogP contribution in [0.3, 0.4) is 0 Å². The molecule has 1 aromatic rings. The quantitative estimate of drug-likeness (QED) is 0.765. The molecule has 7 heteroatoms. The Morgan fingerprint density at radius 1 is 1.22 bits per heavy atom. The van der Waals surface area contributed by atoms with Gasteiger partial charge in [0, 0.05) is 23.8 Å². The van der Waals surface area contributed by atoms with Crippen molar-refractivity contribution in [2.75, 3.05) is 26.3 Å². The zero-order chi connectivity index (χ0) is 13.2. The molecule has 1 saturated heterocycles. The second kappa shape index (κ2) is 5.26. The topological polar surface area (TPSA) is 63.7 Å². The highest BCUT2D eigenvalue weighted by Crippen LogP contribution is 2.21. The third-order valence-corrected chi connectivity index (χ3v) is 4.06. The number of benzene rings is 1. The molecule has 0 bridgehead atoms. The Hall–Kier alpha value is -1.11. The van der Waals surface area contributed by atoms with E-state index in [9.17, 15) is 13.2 Å². The first-order valence-electron chi connectivity index (χ1n) is 5.41. The number of rotatable bonds is 2. The molecule has 0 N–H and O–H groups in total. The van der Waals surface area contributed by atoms with Crippen molar-refractivity contribution in [1.82, 2.24) is 4.90 Å². The Morgan fingerprint density at radius 2 is 1.83 bits per heavy atom. The molecular formula is C11H12ClNO4S. The van der Waals surface area contributed by atoms with E-state index in [2.05, 4.69) is 0 Å². The summed E-state index contributed by atoms with van der Waals surface area (Å²) in [7, 11) is 1.40. The van der Waals surface area contributed by atoms with E-state index >= 15 is 0 Å². The fourth-order valence-electron chi connectivity index (χ4n) is 1.79. The molecule has 0 atom stereocenters. The summed E-state index contributed by atoms with van der Waals surface area (Å²) in [4.78, 5) is 13.6. The summed E-state index contributed by atoms with van der Waals surface area (Å²) < 4.78 is 28.0. The van der Waals surface area contributed by atoms with Crippen molar-refractivity contribution in [2.45, 2.75) is 4.90 Å². The van der Waals surface area contributed by atoms with Gasteiger partial charge in [0.1, 0.15) is 0 Å². The van der Waals surface area contributed by atoms with Gasteiger partial charge in [0.2, 0.25) is 0 Å². The van der Waals surface area contributed by atoms with Gasteiger partial charge in [-0.25, -0.2) is 8.42 Å². The van der Waals surface area contributed by atoms with Gasteiger partial charge < -0.3 is 9.64 Å². The van der Waals surface area contributed by atoms with Crippen LogP contribution in [0.5, 0.6) is 0 Å². The molecule has 2 rings (SSSR count). The highest BCUT2D eigenvalue weighted by Gasteiger charge is 2.24. The lowest BCUT2D eigenvalue weighted by Crippen LogP contribution is -2.41. The molecule has 0 spiro atoms. The van der Waals surface area contributed by atoms with Gasteiger partial charge in [-0.3, -0.25) is 4.79 Å². The number of morpholine rings is 1. The molecule has 1 fully saturated rings. The van der Waals surface area contributed by atoms with Gasteiger partial charge in [-0.1, -0.05) is 12.1 Å². The van der Waals surface area contributed by atoms with E-state index in [-0.39, 0.29) is 16.4 Å². The van der Waals surface area contributed by atoms with Crippen molar-refractivity contribution in [3.05, 3.63) is 29.8 Å². The first-order valence-corrected chi connectivity index (χ1v) is 7.72. The van der Waals surface area contributed by atoms with Crippen molar-refractivity contribution < 1.29 is 17.9 Å². The highest BCUT2D eigenvalue weighted by molar-refractivity contribution is 8.13. The second-order valence-electron chi connectivity index (χ2n) is 3.84. The van der Waals surface area contributed by atoms with Gasteiger partial charge in [-0.05, 0) is 12.1 Å². The Morgan fingerprint density at radius 3 is 2.44 bits per heavy atom. The molecule has 98 valence electrons. The van der Waals surface area contributed by atoms with Crippen molar-refractivity contribution in [3.63, 3.8) is 0 Å². The van der Waals surface area contributed by atoms with E-state index in [1.54, 1.807) is 11.0 Å². The first-order chi connectivity index (χ1) is 8.50. The molecule has 0 aliphatic carbocycles. The largest absolute Gasteiger partial charge is 0.378 e. The standard InChI is InChI=1S/C11H12ClNO4S/c12-18(15,16)10-4-2-1-3-9(10)11(14)13-5-7-17-8-6-13/h1-4H,5-8H2. The number of hydrogen-bond donors (Lipinski definition) is 0. The lowest BCUT2D eigenvalue weighted by molar-refractivity contribution is 0.0300. The maximum Gasteiger partial charge on any atom is 0.262 e. The fraction of sp³-hybridized carbons (Fsp3) is 0.364. The van der Waals surface area contributed by atoms with E-state index in [1.165, 1.54) is 18.2 Å². The normalized spacial score (nSPS) is 16.6. The van der Waals surface area contributed by atoms with Crippen LogP contribution in [0.25, 0.3) is 0 Å². The summed E-state index contributed by atoms with van der Waals surface area (Å²) in [6.07, 6.45) is 0. The second-order valence-corrected chi connectivity index (χ2v) is 6.37. The molecule has 1 aromatic carbocycles. The molecule has 18 heavy (non-hydrogen) atoms. The minimum atomic E-state index is -3.92. The summed E-state index contributed by atoms with van der Waals surface area (Å²) in [5, 5.41) is 0. The number of hydrogen-bond acceptors (Lipinski definition) is 4. The van der Waals surface area contributed by atoms with Crippen molar-refractivity contribution >= 4 is 25.6 Å². The van der Waals surface area contributed by atoms with Crippen LogP contribution in [-0.2, 0) is 13.8 Å². The lowest BCUT2D eigenvalue weighted by Gasteiger charge is -2.27. The number of amides is 1. The molecule has 1 amide bonds. The minimum absolute atomic E-state index is 0.106. The molecule has 5 nitrogen and oxygen atoms in total. The Bertz CT molecular complexity index is 552. The zero-order valence-electron chi connectivity index (χ0n) is 9.50. The number of nitrogens with zero attached hydrogens (tertiary/aromatic N) is 1. The fourth-order valence-corrected chi connectivity index (χ4v) is 2.86. The van der Waals surface area contributed by atoms with Crippen LogP contribution in [0, 0.1) is 0 Å². The smallest absolute Gasteiger partial charge is 0.262 e. The third-order valence-electron chi connectivity index (χ3n) is 2.68. The molecular weight excluding hydrogens is 278 g/mol. The first kappa shape index (κ1) is 13.3. The Labute approximate surface area is 110 Å². The maximum atomic E-state index is 12.2. The van der Waals surface area contributed by atoms with Crippen LogP contribution < -0.4 is 0 Å². The van der Waals surface area contributed by atoms with E-state index in [0.717, 1.165) is 0 Å². The molecule has 0 saturated carbocycles. The molecule has 0 radical (unpaired) electrons. The van der Waals surface area contributed by atoms with Crippen molar-refractivity contribution in [1.29, 1.82) is 0 Å². The van der Waals surface area contributed by atoms with Crippen LogP contribution in [0.15, 0.2) is 29.2 Å². The van der Waals surface area contributed by atoms with E-state index in [4.69, 9.17) is 15.4 Å². The van der Waals surface area contributed by atoms with Crippen molar-refractivity contribution in [2.24, 2.45) is 0 Å². The summed E-state index contributed by atoms with van der Waals surface area (Å²) in [5.41, 5.74) is 0.106. The van der Waals surface area contributed by atoms with Gasteiger partial charge in [0.15, 0.2) is 0 Å². The molecule has 1 aliphatic rings. The molecule has 0 unspecified atom stereocenters. The molecule has 0 aromatic heterocycles. The van der Waals surface area contributed by atoms with Gasteiger partial charge in [0.05, 0.1) is 23.7 Å². The average molecular weight is 290 g/mol. The monoisotopic (exact) mass is 289 g/mol. The van der Waals surface area contributed by atoms with Gasteiger partial charge in [0.25, 0.3) is 15.0 Å². The Balaban J connectivity index is 2.36. The zero-order valence-corrected chi connectivity index (χ0v) is 11.1. The van der Waals surface area contributed by atoms with Crippen LogP contribution in [0.1, 0.15) is 10.4 Å². The van der Waals surface area contributed by atoms with Crippen LogP contribution >= 0.6 is 10.7 Å². The average Bonchev–Trinajstić information content (AvgIpc) is 2.38. The van der Waals surface area contributed by atoms with E-state index in [0.29, 0.717) is 26.3 Å². The highest BCUT2D eigenvalue weighted by atomic mass is 35.7. The SMILES string of the molecule is O=C(c1ccccc1S(=O)(=O)Cl)N1CCOCC1. The van der Waals surface area contributed by atoms with Crippen LogP contribution in [0.2, 0.25) is 0 Å². The third kappa shape index (κ3) is 2.82. The van der Waals surface area contributed by atoms with Gasteiger partial charge in [-0.2, -0.15) is 0 Å². The summed E-state index contributed by atoms with van der Waals surface area (Å²) in [6.45, 7) is 1.83. The number of halogens is 1. The summed E-state index contributed by atoms with van der Waals surface area (Å²) in [6, 6.07) is 5.94. The van der Waals surface area contributed by atoms with Crippen LogP contribution in [0.4, 0.5) is 0 Å². The molecule has 1 heterocycles. The molecule has 1 aliphatic heterocycles. The predicted octanol–water partition coefficient (Wildman–Crippen LogP) is 1.09. The number of ether oxygens (including phenoxy) is 1. The van der Waals surface area contributed by atoms with E-state index in [1.807, 2.05) is 0 Å². The van der Waals surface area contributed by atoms with Gasteiger partial charge >= 0.3 is 0 Å². The lowest BCUT2D eigenvalue weighted by atomic mass is 10.2. The van der Waals surface area contributed by atoms with Crippen LogP contribution in [-0.4, -0.2) is 45.5 Å². The van der Waals surface area contributed by atoms with E-state index < -0.39 is 9.05 Å². The minimum Gasteiger partial charge on any atom is -0.378 e. The van der Waals surface area contributed by atoms with Gasteiger partial charge in [-0.15, -0.1) is 0 Å². The number of carbonyl (C=O) groups is 1. The van der Waals surface area contributed by atoms with Crippen molar-refractivity contribution in [3.8, 4) is 0 Å². The Kier molecular flexibility index (Phi) is 3.89. The summed E-state index contributed by atoms with van der Waals surface area (Å²) in [5.74, 6) is -0.335. The predicted molar refractivity (Wildman–Crippen MR) is 66.2 cm³/mol. The maximum absolute atomic E-state index is 12.2.